The molecule has 5 nitrogen and oxygen atoms in total. The second-order valence-corrected chi connectivity index (χ2v) is 6.91. The highest BCUT2D eigenvalue weighted by atomic mass is 19.1. The van der Waals surface area contributed by atoms with Gasteiger partial charge in [-0.2, -0.15) is 0 Å². The fourth-order valence-electron chi connectivity index (χ4n) is 3.37. The van der Waals surface area contributed by atoms with Crippen molar-refractivity contribution in [3.63, 3.8) is 0 Å². The van der Waals surface area contributed by atoms with E-state index in [9.17, 15) is 9.18 Å². The van der Waals surface area contributed by atoms with Crippen molar-refractivity contribution in [1.29, 1.82) is 0 Å². The molecule has 2 aromatic rings. The summed E-state index contributed by atoms with van der Waals surface area (Å²) in [5.74, 6) is 1.04. The molecule has 0 atom stereocenters. The molecule has 0 spiro atoms. The number of carbonyl (C=O) groups is 1. The zero-order chi connectivity index (χ0) is 20.1. The molecule has 3 rings (SSSR count). The van der Waals surface area contributed by atoms with Gasteiger partial charge in [0.05, 0.1) is 19.8 Å². The Morgan fingerprint density at radius 2 is 1.79 bits per heavy atom. The van der Waals surface area contributed by atoms with E-state index in [0.29, 0.717) is 31.0 Å². The lowest BCUT2D eigenvalue weighted by molar-refractivity contribution is -0.117. The molecule has 0 saturated carbocycles. The highest BCUT2D eigenvalue weighted by Crippen LogP contribution is 2.33. The van der Waals surface area contributed by atoms with Crippen LogP contribution < -0.4 is 14.8 Å². The van der Waals surface area contributed by atoms with Crippen LogP contribution in [0.3, 0.4) is 0 Å². The molecule has 1 aliphatic rings. The summed E-state index contributed by atoms with van der Waals surface area (Å²) in [6, 6.07) is 8.79. The van der Waals surface area contributed by atoms with Crippen LogP contribution in [-0.4, -0.2) is 37.1 Å². The molecule has 0 unspecified atom stereocenters. The summed E-state index contributed by atoms with van der Waals surface area (Å²) < 4.78 is 25.1. The molecule has 1 aliphatic heterocycles. The Labute approximate surface area is 165 Å². The first-order valence-corrected chi connectivity index (χ1v) is 9.69. The molecule has 0 fully saturated rings. The number of nitrogens with one attached hydrogen (secondary N) is 1. The minimum Gasteiger partial charge on any atom is -0.490 e. The Kier molecular flexibility index (Phi) is 6.52. The van der Waals surface area contributed by atoms with Crippen molar-refractivity contribution in [2.75, 3.05) is 31.6 Å². The number of anilines is 1. The van der Waals surface area contributed by atoms with E-state index < -0.39 is 0 Å². The number of benzene rings is 2. The number of nitrogens with zero attached hydrogens (tertiary/aromatic N) is 1. The van der Waals surface area contributed by atoms with Crippen LogP contribution in [0.1, 0.15) is 30.5 Å². The van der Waals surface area contributed by atoms with Crippen LogP contribution in [0.15, 0.2) is 30.3 Å². The fourth-order valence-corrected chi connectivity index (χ4v) is 3.37. The molecule has 1 amide bonds. The predicted molar refractivity (Wildman–Crippen MR) is 108 cm³/mol. The largest absolute Gasteiger partial charge is 0.490 e. The molecule has 0 radical (unpaired) electrons. The third-order valence-electron chi connectivity index (χ3n) is 4.78. The Morgan fingerprint density at radius 1 is 1.11 bits per heavy atom. The first kappa shape index (κ1) is 20.1. The second kappa shape index (κ2) is 9.06. The van der Waals surface area contributed by atoms with Crippen molar-refractivity contribution in [3.8, 4) is 11.5 Å². The van der Waals surface area contributed by atoms with Gasteiger partial charge < -0.3 is 14.8 Å². The number of rotatable bonds is 7. The summed E-state index contributed by atoms with van der Waals surface area (Å²) in [6.07, 6.45) is 0.842. The summed E-state index contributed by atoms with van der Waals surface area (Å²) in [6.45, 7) is 8.45. The molecule has 2 aromatic carbocycles. The molecule has 0 aromatic heterocycles. The summed E-state index contributed by atoms with van der Waals surface area (Å²) in [5.41, 5.74) is 3.41. The quantitative estimate of drug-likeness (QED) is 0.783. The average molecular weight is 386 g/mol. The summed E-state index contributed by atoms with van der Waals surface area (Å²) in [5, 5.41) is 2.77. The van der Waals surface area contributed by atoms with E-state index in [1.165, 1.54) is 11.6 Å². The number of hydrogen-bond donors (Lipinski definition) is 1. The van der Waals surface area contributed by atoms with E-state index in [2.05, 4.69) is 16.3 Å². The predicted octanol–water partition coefficient (Wildman–Crippen LogP) is 3.93. The van der Waals surface area contributed by atoms with Crippen molar-refractivity contribution in [1.82, 2.24) is 4.90 Å². The van der Waals surface area contributed by atoms with Crippen LogP contribution in [0.5, 0.6) is 11.5 Å². The number of amides is 1. The van der Waals surface area contributed by atoms with Gasteiger partial charge in [-0.15, -0.1) is 0 Å². The fraction of sp³-hybridized carbons (Fsp3) is 0.409. The van der Waals surface area contributed by atoms with E-state index in [0.717, 1.165) is 30.0 Å². The van der Waals surface area contributed by atoms with Gasteiger partial charge in [0.15, 0.2) is 11.5 Å². The smallest absolute Gasteiger partial charge is 0.238 e. The third kappa shape index (κ3) is 4.81. The monoisotopic (exact) mass is 386 g/mol. The van der Waals surface area contributed by atoms with E-state index in [-0.39, 0.29) is 18.3 Å². The van der Waals surface area contributed by atoms with Crippen LogP contribution in [0.2, 0.25) is 0 Å². The highest BCUT2D eigenvalue weighted by Gasteiger charge is 2.21. The lowest BCUT2D eigenvalue weighted by atomic mass is 9.98. The number of hydrogen-bond acceptors (Lipinski definition) is 4. The third-order valence-corrected chi connectivity index (χ3v) is 4.78. The van der Waals surface area contributed by atoms with Crippen LogP contribution in [0.25, 0.3) is 0 Å². The average Bonchev–Trinajstić information content (AvgIpc) is 2.66. The van der Waals surface area contributed by atoms with Crippen molar-refractivity contribution in [2.24, 2.45) is 0 Å². The van der Waals surface area contributed by atoms with Gasteiger partial charge in [-0.1, -0.05) is 6.07 Å². The Balaban J connectivity index is 1.66. The van der Waals surface area contributed by atoms with Crippen molar-refractivity contribution in [2.45, 2.75) is 33.7 Å². The zero-order valence-corrected chi connectivity index (χ0v) is 16.7. The van der Waals surface area contributed by atoms with Crippen LogP contribution in [0.4, 0.5) is 10.1 Å². The van der Waals surface area contributed by atoms with Gasteiger partial charge in [-0.25, -0.2) is 4.39 Å². The topological polar surface area (TPSA) is 50.8 Å². The van der Waals surface area contributed by atoms with Crippen molar-refractivity contribution in [3.05, 3.63) is 52.8 Å². The minimum atomic E-state index is -0.321. The minimum absolute atomic E-state index is 0.150. The molecule has 1 N–H and O–H groups in total. The zero-order valence-electron chi connectivity index (χ0n) is 16.7. The molecule has 0 aliphatic carbocycles. The molecule has 0 bridgehead atoms. The van der Waals surface area contributed by atoms with Crippen LogP contribution >= 0.6 is 0 Å². The Bertz CT molecular complexity index is 854. The molecule has 1 heterocycles. The Hall–Kier alpha value is -2.60. The highest BCUT2D eigenvalue weighted by molar-refractivity contribution is 5.92. The lowest BCUT2D eigenvalue weighted by Crippen LogP contribution is -2.37. The van der Waals surface area contributed by atoms with E-state index >= 15 is 0 Å². The summed E-state index contributed by atoms with van der Waals surface area (Å²) in [7, 11) is 0. The molecule has 6 heteroatoms. The first-order chi connectivity index (χ1) is 13.5. The Morgan fingerprint density at radius 3 is 2.43 bits per heavy atom. The lowest BCUT2D eigenvalue weighted by Gasteiger charge is -2.29. The van der Waals surface area contributed by atoms with Gasteiger partial charge in [-0.3, -0.25) is 9.69 Å². The molecular formula is C22H27FN2O3. The second-order valence-electron chi connectivity index (χ2n) is 6.91. The van der Waals surface area contributed by atoms with Gasteiger partial charge in [0.2, 0.25) is 5.91 Å². The van der Waals surface area contributed by atoms with Gasteiger partial charge in [-0.05, 0) is 68.1 Å². The normalized spacial score (nSPS) is 13.7. The molecule has 28 heavy (non-hydrogen) atoms. The molecule has 150 valence electrons. The van der Waals surface area contributed by atoms with Crippen molar-refractivity contribution >= 4 is 11.6 Å². The standard InChI is InChI=1S/C22H27FN2O3/c1-4-27-20-10-16-8-9-25(13-17(16)11-21(20)28-5-2)14-22(26)24-18-7-6-15(3)19(23)12-18/h6-7,10-12H,4-5,8-9,13-14H2,1-3H3,(H,24,26). The van der Waals surface area contributed by atoms with Crippen molar-refractivity contribution < 1.29 is 18.7 Å². The first-order valence-electron chi connectivity index (χ1n) is 9.69. The number of fused-ring (bicyclic) bond motifs is 1. The molecular weight excluding hydrogens is 359 g/mol. The number of ether oxygens (including phenoxy) is 2. The van der Waals surface area contributed by atoms with Gasteiger partial charge in [0.25, 0.3) is 0 Å². The van der Waals surface area contributed by atoms with Gasteiger partial charge >= 0.3 is 0 Å². The van der Waals surface area contributed by atoms with Gasteiger partial charge in [0.1, 0.15) is 5.82 Å². The maximum atomic E-state index is 13.7. The maximum absolute atomic E-state index is 13.7. The summed E-state index contributed by atoms with van der Waals surface area (Å²) >= 11 is 0. The number of halogens is 1. The van der Waals surface area contributed by atoms with Crippen LogP contribution in [0, 0.1) is 12.7 Å². The van der Waals surface area contributed by atoms with E-state index in [1.54, 1.807) is 19.1 Å². The molecule has 0 saturated heterocycles. The maximum Gasteiger partial charge on any atom is 0.238 e. The number of carbonyl (C=O) groups excluding carboxylic acids is 1. The van der Waals surface area contributed by atoms with Gasteiger partial charge in [0, 0.05) is 18.8 Å². The van der Waals surface area contributed by atoms with Crippen LogP contribution in [-0.2, 0) is 17.8 Å². The van der Waals surface area contributed by atoms with E-state index in [4.69, 9.17) is 9.47 Å². The van der Waals surface area contributed by atoms with E-state index in [1.807, 2.05) is 19.9 Å². The SMILES string of the molecule is CCOc1cc2c(cc1OCC)CN(CC(=O)Nc1ccc(C)c(F)c1)CC2. The number of aryl methyl sites for hydroxylation is 1. The summed E-state index contributed by atoms with van der Waals surface area (Å²) in [4.78, 5) is 14.5.